The lowest BCUT2D eigenvalue weighted by Gasteiger charge is -2.27. The number of methoxy groups -OCH3 is 1. The largest absolute Gasteiger partial charge is 0.465 e. The second-order valence-electron chi connectivity index (χ2n) is 7.11. The molecule has 0 aromatic heterocycles. The third-order valence-corrected chi connectivity index (χ3v) is 5.23. The number of carbonyl (C=O) groups is 2. The number of esters is 2. The molecule has 4 heteroatoms. The summed E-state index contributed by atoms with van der Waals surface area (Å²) in [4.78, 5) is 24.3. The number of hydrogen-bond acceptors (Lipinski definition) is 4. The van der Waals surface area contributed by atoms with E-state index in [-0.39, 0.29) is 18.0 Å². The second kappa shape index (κ2) is 9.36. The van der Waals surface area contributed by atoms with Gasteiger partial charge in [-0.15, -0.1) is 0 Å². The minimum absolute atomic E-state index is 0.312. The van der Waals surface area contributed by atoms with Crippen LogP contribution in [0.15, 0.2) is 54.6 Å². The average molecular weight is 366 g/mol. The summed E-state index contributed by atoms with van der Waals surface area (Å²) in [7, 11) is 1.36. The second-order valence-corrected chi connectivity index (χ2v) is 7.11. The van der Waals surface area contributed by atoms with Gasteiger partial charge in [-0.1, -0.05) is 62.4 Å². The van der Waals surface area contributed by atoms with Gasteiger partial charge in [0, 0.05) is 0 Å². The van der Waals surface area contributed by atoms with E-state index in [1.165, 1.54) is 39.2 Å². The van der Waals surface area contributed by atoms with Gasteiger partial charge in [-0.05, 0) is 42.2 Å². The molecule has 0 aliphatic heterocycles. The summed E-state index contributed by atoms with van der Waals surface area (Å²) < 4.78 is 10.7. The van der Waals surface area contributed by atoms with Crippen molar-refractivity contribution < 1.29 is 19.1 Å². The Kier molecular flexibility index (Phi) is 6.64. The minimum atomic E-state index is -0.369. The van der Waals surface area contributed by atoms with Gasteiger partial charge in [-0.2, -0.15) is 0 Å². The van der Waals surface area contributed by atoms with E-state index < -0.39 is 0 Å². The molecule has 142 valence electrons. The molecule has 27 heavy (non-hydrogen) atoms. The summed E-state index contributed by atoms with van der Waals surface area (Å²) in [6.45, 7) is 0. The zero-order chi connectivity index (χ0) is 19.1. The van der Waals surface area contributed by atoms with Crippen molar-refractivity contribution in [1.29, 1.82) is 0 Å². The standard InChI is InChI=1S/C23H26O4/c1-26-22(24)20-14-12-18(13-15-20)21(16-17-8-4-2-5-9-17)27-23(25)19-10-6-3-7-11-19/h3,6-7,10-15,17,21H,2,4-5,8-9,16H2,1H3. The monoisotopic (exact) mass is 366 g/mol. The summed E-state index contributed by atoms with van der Waals surface area (Å²) in [5.41, 5.74) is 1.96. The van der Waals surface area contributed by atoms with Crippen LogP contribution in [-0.4, -0.2) is 19.0 Å². The van der Waals surface area contributed by atoms with Crippen molar-refractivity contribution >= 4 is 11.9 Å². The highest BCUT2D eigenvalue weighted by atomic mass is 16.5. The van der Waals surface area contributed by atoms with E-state index in [1.54, 1.807) is 24.3 Å². The van der Waals surface area contributed by atoms with Crippen molar-refractivity contribution in [2.75, 3.05) is 7.11 Å². The topological polar surface area (TPSA) is 52.6 Å². The van der Waals surface area contributed by atoms with Gasteiger partial charge >= 0.3 is 11.9 Å². The van der Waals surface area contributed by atoms with Crippen LogP contribution in [0.5, 0.6) is 0 Å². The van der Waals surface area contributed by atoms with Gasteiger partial charge in [-0.3, -0.25) is 0 Å². The predicted molar refractivity (Wildman–Crippen MR) is 104 cm³/mol. The van der Waals surface area contributed by atoms with Crippen molar-refractivity contribution in [3.63, 3.8) is 0 Å². The molecule has 1 fully saturated rings. The van der Waals surface area contributed by atoms with E-state index in [0.29, 0.717) is 17.0 Å². The van der Waals surface area contributed by atoms with Gasteiger partial charge in [0.2, 0.25) is 0 Å². The molecule has 0 radical (unpaired) electrons. The average Bonchev–Trinajstić information content (AvgIpc) is 2.74. The van der Waals surface area contributed by atoms with Gasteiger partial charge in [0.05, 0.1) is 18.2 Å². The van der Waals surface area contributed by atoms with Crippen LogP contribution in [0.25, 0.3) is 0 Å². The molecule has 0 amide bonds. The number of rotatable bonds is 6. The number of hydrogen-bond donors (Lipinski definition) is 0. The van der Waals surface area contributed by atoms with E-state index in [0.717, 1.165) is 12.0 Å². The van der Waals surface area contributed by atoms with Gasteiger partial charge in [-0.25, -0.2) is 9.59 Å². The first kappa shape index (κ1) is 19.2. The fourth-order valence-electron chi connectivity index (χ4n) is 3.70. The third-order valence-electron chi connectivity index (χ3n) is 5.23. The van der Waals surface area contributed by atoms with Gasteiger partial charge in [0.25, 0.3) is 0 Å². The normalized spacial score (nSPS) is 15.7. The molecule has 2 aromatic carbocycles. The fourth-order valence-corrected chi connectivity index (χ4v) is 3.70. The summed E-state index contributed by atoms with van der Waals surface area (Å²) in [6.07, 6.45) is 6.64. The third kappa shape index (κ3) is 5.19. The highest BCUT2D eigenvalue weighted by Gasteiger charge is 2.24. The van der Waals surface area contributed by atoms with Crippen LogP contribution in [-0.2, 0) is 9.47 Å². The first-order chi connectivity index (χ1) is 13.2. The van der Waals surface area contributed by atoms with Gasteiger partial charge in [0.15, 0.2) is 0 Å². The summed E-state index contributed by atoms with van der Waals surface area (Å²) in [6, 6.07) is 16.2. The predicted octanol–water partition coefficient (Wildman–Crippen LogP) is 5.34. The van der Waals surface area contributed by atoms with Crippen LogP contribution >= 0.6 is 0 Å². The Balaban J connectivity index is 1.78. The minimum Gasteiger partial charge on any atom is -0.465 e. The van der Waals surface area contributed by atoms with Crippen LogP contribution in [0.1, 0.15) is 70.9 Å². The molecule has 3 rings (SSSR count). The highest BCUT2D eigenvalue weighted by Crippen LogP contribution is 2.34. The van der Waals surface area contributed by atoms with Gasteiger partial charge < -0.3 is 9.47 Å². The Bertz CT molecular complexity index is 746. The Hall–Kier alpha value is -2.62. The maximum Gasteiger partial charge on any atom is 0.338 e. The Morgan fingerprint density at radius 1 is 0.889 bits per heavy atom. The molecule has 2 aromatic rings. The van der Waals surface area contributed by atoms with E-state index in [1.807, 2.05) is 30.3 Å². The molecule has 1 aliphatic rings. The lowest BCUT2D eigenvalue weighted by molar-refractivity contribution is 0.0219. The molecule has 1 aliphatic carbocycles. The quantitative estimate of drug-likeness (QED) is 0.647. The Morgan fingerprint density at radius 3 is 2.15 bits per heavy atom. The maximum atomic E-state index is 12.6. The van der Waals surface area contributed by atoms with E-state index >= 15 is 0 Å². The first-order valence-electron chi connectivity index (χ1n) is 9.61. The summed E-state index contributed by atoms with van der Waals surface area (Å²) in [5, 5.41) is 0. The van der Waals surface area contributed by atoms with Crippen molar-refractivity contribution in [1.82, 2.24) is 0 Å². The van der Waals surface area contributed by atoms with Crippen molar-refractivity contribution in [3.05, 3.63) is 71.3 Å². The maximum absolute atomic E-state index is 12.6. The van der Waals surface area contributed by atoms with Crippen LogP contribution in [0.4, 0.5) is 0 Å². The van der Waals surface area contributed by atoms with Crippen molar-refractivity contribution in [2.45, 2.75) is 44.6 Å². The fraction of sp³-hybridized carbons (Fsp3) is 0.391. The SMILES string of the molecule is COC(=O)c1ccc(C(CC2CCCCC2)OC(=O)c2ccccc2)cc1. The molecule has 0 bridgehead atoms. The molecular formula is C23H26O4. The van der Waals surface area contributed by atoms with Crippen LogP contribution in [0, 0.1) is 5.92 Å². The molecule has 0 saturated heterocycles. The van der Waals surface area contributed by atoms with Gasteiger partial charge in [0.1, 0.15) is 6.10 Å². The summed E-state index contributed by atoms with van der Waals surface area (Å²) in [5.74, 6) is -0.118. The number of benzene rings is 2. The number of carbonyl (C=O) groups excluding carboxylic acids is 2. The Morgan fingerprint density at radius 2 is 1.52 bits per heavy atom. The lowest BCUT2D eigenvalue weighted by atomic mass is 9.84. The van der Waals surface area contributed by atoms with E-state index in [9.17, 15) is 9.59 Å². The zero-order valence-corrected chi connectivity index (χ0v) is 15.7. The molecule has 1 saturated carbocycles. The summed E-state index contributed by atoms with van der Waals surface area (Å²) >= 11 is 0. The molecule has 0 spiro atoms. The molecule has 0 N–H and O–H groups in total. The van der Waals surface area contributed by atoms with Crippen molar-refractivity contribution in [2.24, 2.45) is 5.92 Å². The molecular weight excluding hydrogens is 340 g/mol. The molecule has 1 atom stereocenters. The van der Waals surface area contributed by atoms with Crippen LogP contribution < -0.4 is 0 Å². The van der Waals surface area contributed by atoms with Crippen LogP contribution in [0.3, 0.4) is 0 Å². The number of ether oxygens (including phenoxy) is 2. The molecule has 0 heterocycles. The lowest BCUT2D eigenvalue weighted by Crippen LogP contribution is -2.17. The van der Waals surface area contributed by atoms with E-state index in [4.69, 9.17) is 9.47 Å². The molecule has 4 nitrogen and oxygen atoms in total. The van der Waals surface area contributed by atoms with E-state index in [2.05, 4.69) is 0 Å². The van der Waals surface area contributed by atoms with Crippen LogP contribution in [0.2, 0.25) is 0 Å². The zero-order valence-electron chi connectivity index (χ0n) is 15.7. The smallest absolute Gasteiger partial charge is 0.338 e. The molecule has 1 unspecified atom stereocenters. The first-order valence-corrected chi connectivity index (χ1v) is 9.61. The Labute approximate surface area is 160 Å². The highest BCUT2D eigenvalue weighted by molar-refractivity contribution is 5.90. The van der Waals surface area contributed by atoms with Crippen molar-refractivity contribution in [3.8, 4) is 0 Å².